The van der Waals surface area contributed by atoms with Crippen molar-refractivity contribution in [3.8, 4) is 11.5 Å². The van der Waals surface area contributed by atoms with Gasteiger partial charge >= 0.3 is 0 Å². The Balaban J connectivity index is 1.67. The second-order valence-corrected chi connectivity index (χ2v) is 8.29. The van der Waals surface area contributed by atoms with Gasteiger partial charge in [0.15, 0.2) is 0 Å². The molecule has 33 heavy (non-hydrogen) atoms. The summed E-state index contributed by atoms with van der Waals surface area (Å²) in [5.74, 6) is 1.41. The molecule has 2 heterocycles. The third-order valence-electron chi connectivity index (χ3n) is 4.78. The van der Waals surface area contributed by atoms with Crippen LogP contribution in [0.25, 0.3) is 11.0 Å². The van der Waals surface area contributed by atoms with Crippen molar-refractivity contribution in [2.24, 2.45) is 0 Å². The summed E-state index contributed by atoms with van der Waals surface area (Å²) >= 11 is 1.12. The van der Waals surface area contributed by atoms with Crippen molar-refractivity contribution in [3.05, 3.63) is 103 Å². The van der Waals surface area contributed by atoms with Gasteiger partial charge in [-0.3, -0.25) is 9.59 Å². The molecule has 0 unspecified atom stereocenters. The Morgan fingerprint density at radius 2 is 1.88 bits per heavy atom. The fourth-order valence-corrected chi connectivity index (χ4v) is 4.08. The van der Waals surface area contributed by atoms with Gasteiger partial charge in [0.25, 0.3) is 11.1 Å². The maximum absolute atomic E-state index is 13.0. The lowest BCUT2D eigenvalue weighted by atomic mass is 10.1. The number of fused-ring (bicyclic) bond motifs is 1. The van der Waals surface area contributed by atoms with Gasteiger partial charge in [-0.05, 0) is 36.3 Å². The molecule has 0 fully saturated rings. The van der Waals surface area contributed by atoms with Crippen molar-refractivity contribution < 1.29 is 9.47 Å². The van der Waals surface area contributed by atoms with Crippen molar-refractivity contribution >= 4 is 22.4 Å². The van der Waals surface area contributed by atoms with Gasteiger partial charge in [-0.15, -0.1) is 0 Å². The molecule has 2 aromatic heterocycles. The highest BCUT2D eigenvalue weighted by Crippen LogP contribution is 2.19. The van der Waals surface area contributed by atoms with Crippen molar-refractivity contribution in [2.45, 2.75) is 19.8 Å². The zero-order chi connectivity index (χ0) is 23.2. The standard InChI is InChI=1S/C25H23N3O4S/c1-3-13-31-19-11-9-17(10-12-19)15-20-23(29)26-25-28(27-20)24(30)22(33-25)16-18-7-5-6-8-21(18)32-14-4-2/h4-12,16H,2-3,13-15H2,1H3/b22-16-. The summed E-state index contributed by atoms with van der Waals surface area (Å²) in [7, 11) is 0. The topological polar surface area (TPSA) is 82.8 Å². The minimum absolute atomic E-state index is 0.214. The molecule has 0 aliphatic heterocycles. The molecule has 0 spiro atoms. The van der Waals surface area contributed by atoms with E-state index >= 15 is 0 Å². The molecule has 0 radical (unpaired) electrons. The Morgan fingerprint density at radius 3 is 2.64 bits per heavy atom. The van der Waals surface area contributed by atoms with Gasteiger partial charge in [-0.2, -0.15) is 14.6 Å². The van der Waals surface area contributed by atoms with Crippen LogP contribution in [0.15, 0.2) is 70.8 Å². The summed E-state index contributed by atoms with van der Waals surface area (Å²) in [6, 6.07) is 14.9. The van der Waals surface area contributed by atoms with Crippen LogP contribution in [0.4, 0.5) is 0 Å². The molecule has 0 aliphatic rings. The molecule has 2 aromatic carbocycles. The predicted molar refractivity (Wildman–Crippen MR) is 129 cm³/mol. The number of benzene rings is 2. The fraction of sp³-hybridized carbons (Fsp3) is 0.200. The van der Waals surface area contributed by atoms with Crippen molar-refractivity contribution in [1.29, 1.82) is 0 Å². The van der Waals surface area contributed by atoms with Crippen LogP contribution in [-0.2, 0) is 6.42 Å². The Kier molecular flexibility index (Phi) is 6.95. The van der Waals surface area contributed by atoms with Crippen LogP contribution in [0.2, 0.25) is 0 Å². The first kappa shape index (κ1) is 22.4. The lowest BCUT2D eigenvalue weighted by molar-refractivity contribution is 0.317. The lowest BCUT2D eigenvalue weighted by Crippen LogP contribution is -2.28. The largest absolute Gasteiger partial charge is 0.494 e. The highest BCUT2D eigenvalue weighted by molar-refractivity contribution is 7.15. The number of para-hydroxylation sites is 1. The maximum Gasteiger partial charge on any atom is 0.296 e. The van der Waals surface area contributed by atoms with Crippen LogP contribution < -0.4 is 25.1 Å². The monoisotopic (exact) mass is 461 g/mol. The molecule has 0 atom stereocenters. The molecular weight excluding hydrogens is 438 g/mol. The van der Waals surface area contributed by atoms with E-state index in [9.17, 15) is 9.59 Å². The van der Waals surface area contributed by atoms with E-state index in [-0.39, 0.29) is 22.6 Å². The summed E-state index contributed by atoms with van der Waals surface area (Å²) in [5, 5.41) is 4.32. The molecule has 4 rings (SSSR count). The van der Waals surface area contributed by atoms with Crippen LogP contribution in [0.1, 0.15) is 30.2 Å². The number of rotatable bonds is 9. The van der Waals surface area contributed by atoms with Crippen molar-refractivity contribution in [2.75, 3.05) is 13.2 Å². The van der Waals surface area contributed by atoms with Gasteiger partial charge in [0.05, 0.1) is 11.1 Å². The van der Waals surface area contributed by atoms with E-state index in [0.29, 0.717) is 23.5 Å². The van der Waals surface area contributed by atoms with E-state index in [1.165, 1.54) is 4.52 Å². The van der Waals surface area contributed by atoms with Crippen LogP contribution in [0.5, 0.6) is 11.5 Å². The van der Waals surface area contributed by atoms with Crippen LogP contribution >= 0.6 is 11.3 Å². The molecule has 0 amide bonds. The fourth-order valence-electron chi connectivity index (χ4n) is 3.19. The number of nitrogens with zero attached hydrogens (tertiary/aromatic N) is 3. The second kappa shape index (κ2) is 10.2. The molecule has 0 N–H and O–H groups in total. The Hall–Kier alpha value is -3.78. The van der Waals surface area contributed by atoms with Gasteiger partial charge in [0.1, 0.15) is 23.8 Å². The molecule has 0 aliphatic carbocycles. The van der Waals surface area contributed by atoms with Crippen LogP contribution in [0, 0.1) is 0 Å². The number of ether oxygens (including phenoxy) is 2. The lowest BCUT2D eigenvalue weighted by Gasteiger charge is -2.05. The highest BCUT2D eigenvalue weighted by atomic mass is 32.1. The zero-order valence-corrected chi connectivity index (χ0v) is 19.0. The van der Waals surface area contributed by atoms with E-state index in [0.717, 1.165) is 34.6 Å². The quantitative estimate of drug-likeness (QED) is 0.357. The molecular formula is C25H23N3O4S. The second-order valence-electron chi connectivity index (χ2n) is 7.28. The predicted octanol–water partition coefficient (Wildman–Crippen LogP) is 3.00. The molecule has 4 aromatic rings. The third-order valence-corrected chi connectivity index (χ3v) is 5.74. The summed E-state index contributed by atoms with van der Waals surface area (Å²) in [4.78, 5) is 29.9. The van der Waals surface area contributed by atoms with Crippen molar-refractivity contribution in [1.82, 2.24) is 14.6 Å². The van der Waals surface area contributed by atoms with Crippen molar-refractivity contribution in [3.63, 3.8) is 0 Å². The molecule has 8 heteroatoms. The highest BCUT2D eigenvalue weighted by Gasteiger charge is 2.12. The van der Waals surface area contributed by atoms with E-state index in [1.807, 2.05) is 55.5 Å². The smallest absolute Gasteiger partial charge is 0.296 e. The average Bonchev–Trinajstić information content (AvgIpc) is 3.12. The normalized spacial score (nSPS) is 11.6. The average molecular weight is 462 g/mol. The minimum Gasteiger partial charge on any atom is -0.494 e. The zero-order valence-electron chi connectivity index (χ0n) is 18.2. The molecule has 0 bridgehead atoms. The molecule has 0 saturated heterocycles. The first-order chi connectivity index (χ1) is 16.1. The van der Waals surface area contributed by atoms with Gasteiger partial charge in [0.2, 0.25) is 4.96 Å². The van der Waals surface area contributed by atoms with Gasteiger partial charge < -0.3 is 9.47 Å². The Bertz CT molecular complexity index is 1440. The Morgan fingerprint density at radius 1 is 1.09 bits per heavy atom. The van der Waals surface area contributed by atoms with Gasteiger partial charge in [-0.1, -0.05) is 61.2 Å². The van der Waals surface area contributed by atoms with Crippen LogP contribution in [0.3, 0.4) is 0 Å². The minimum atomic E-state index is -0.441. The SMILES string of the molecule is C=CCOc1ccccc1/C=c1\sc2nc(=O)c(Cc3ccc(OCCC)cc3)nn2c1=O. The van der Waals surface area contributed by atoms with E-state index in [2.05, 4.69) is 16.7 Å². The number of hydrogen-bond donors (Lipinski definition) is 0. The maximum atomic E-state index is 13.0. The summed E-state index contributed by atoms with van der Waals surface area (Å²) < 4.78 is 12.9. The van der Waals surface area contributed by atoms with E-state index < -0.39 is 5.56 Å². The summed E-state index contributed by atoms with van der Waals surface area (Å²) in [6.07, 6.45) is 4.58. The summed E-state index contributed by atoms with van der Waals surface area (Å²) in [5.41, 5.74) is 1.07. The Labute approximate surface area is 194 Å². The van der Waals surface area contributed by atoms with E-state index in [4.69, 9.17) is 9.47 Å². The molecule has 168 valence electrons. The first-order valence-corrected chi connectivity index (χ1v) is 11.4. The number of aromatic nitrogens is 3. The third kappa shape index (κ3) is 5.18. The van der Waals surface area contributed by atoms with Crippen LogP contribution in [-0.4, -0.2) is 27.8 Å². The van der Waals surface area contributed by atoms with E-state index in [1.54, 1.807) is 12.2 Å². The molecule has 0 saturated carbocycles. The summed E-state index contributed by atoms with van der Waals surface area (Å²) in [6.45, 7) is 6.71. The number of hydrogen-bond acceptors (Lipinski definition) is 7. The molecule has 7 nitrogen and oxygen atoms in total. The first-order valence-electron chi connectivity index (χ1n) is 10.6. The van der Waals surface area contributed by atoms with Gasteiger partial charge in [-0.25, -0.2) is 0 Å². The number of thiazole rings is 1. The van der Waals surface area contributed by atoms with Gasteiger partial charge in [0, 0.05) is 12.0 Å².